The molecule has 6 nitrogen and oxygen atoms in total. The first-order valence-corrected chi connectivity index (χ1v) is 12.4. The molecule has 1 fully saturated rings. The first kappa shape index (κ1) is 24.6. The van der Waals surface area contributed by atoms with Crippen LogP contribution in [0.5, 0.6) is 0 Å². The smallest absolute Gasteiger partial charge is 0.243 e. The largest absolute Gasteiger partial charge is 0.337 e. The average Bonchev–Trinajstić information content (AvgIpc) is 2.78. The zero-order chi connectivity index (χ0) is 23.3. The Morgan fingerprint density at radius 3 is 2.34 bits per heavy atom. The topological polar surface area (TPSA) is 60.9 Å². The Labute approximate surface area is 194 Å². The van der Waals surface area contributed by atoms with Crippen molar-refractivity contribution >= 4 is 27.5 Å². The summed E-state index contributed by atoms with van der Waals surface area (Å²) in [7, 11) is 0.147. The number of nitrogens with zero attached hydrogens (tertiary/aromatic N) is 3. The van der Waals surface area contributed by atoms with Crippen LogP contribution >= 0.6 is 11.6 Å². The third-order valence-electron chi connectivity index (χ3n) is 5.68. The van der Waals surface area contributed by atoms with Crippen LogP contribution in [0.3, 0.4) is 0 Å². The van der Waals surface area contributed by atoms with Crippen LogP contribution in [-0.2, 0) is 21.4 Å². The van der Waals surface area contributed by atoms with E-state index in [0.29, 0.717) is 25.9 Å². The molecule has 1 aliphatic heterocycles. The number of carbonyl (C=O) groups excluding carboxylic acids is 1. The van der Waals surface area contributed by atoms with Gasteiger partial charge in [-0.15, -0.1) is 0 Å². The maximum absolute atomic E-state index is 13.4. The van der Waals surface area contributed by atoms with E-state index >= 15 is 0 Å². The normalized spacial score (nSPS) is 15.8. The molecule has 1 amide bonds. The highest BCUT2D eigenvalue weighted by atomic mass is 35.5. The Bertz CT molecular complexity index is 1030. The van der Waals surface area contributed by atoms with Gasteiger partial charge in [-0.3, -0.25) is 4.79 Å². The summed E-state index contributed by atoms with van der Waals surface area (Å²) in [5.41, 5.74) is 1.06. The number of piperidine rings is 1. The Kier molecular flexibility index (Phi) is 8.27. The monoisotopic (exact) mass is 481 g/mol. The minimum absolute atomic E-state index is 0.0367. The van der Waals surface area contributed by atoms with E-state index in [0.717, 1.165) is 24.2 Å². The lowest BCUT2D eigenvalue weighted by Crippen LogP contribution is -2.45. The molecule has 0 saturated carbocycles. The molecule has 174 valence electrons. The number of halogens is 2. The summed E-state index contributed by atoms with van der Waals surface area (Å²) in [6.07, 6.45) is 0.889. The summed E-state index contributed by atoms with van der Waals surface area (Å²) in [5, 5.41) is -0.228. The lowest BCUT2D eigenvalue weighted by atomic mass is 9.96. The Balaban J connectivity index is 1.67. The highest BCUT2D eigenvalue weighted by Gasteiger charge is 2.34. The second-order valence-electron chi connectivity index (χ2n) is 8.30. The molecule has 1 aliphatic rings. The fourth-order valence-corrected chi connectivity index (χ4v) is 5.52. The van der Waals surface area contributed by atoms with Crippen LogP contribution in [0, 0.1) is 11.7 Å². The van der Waals surface area contributed by atoms with E-state index in [9.17, 15) is 17.6 Å². The molecule has 9 heteroatoms. The van der Waals surface area contributed by atoms with Gasteiger partial charge in [-0.25, -0.2) is 12.8 Å². The number of hydrogen-bond donors (Lipinski definition) is 0. The van der Waals surface area contributed by atoms with Crippen molar-refractivity contribution < 1.29 is 17.6 Å². The molecular formula is C23H29ClFN3O3S. The Morgan fingerprint density at radius 2 is 1.75 bits per heavy atom. The summed E-state index contributed by atoms with van der Waals surface area (Å²) in [4.78, 5) is 17.2. The van der Waals surface area contributed by atoms with Crippen molar-refractivity contribution in [3.63, 3.8) is 0 Å². The van der Waals surface area contributed by atoms with Crippen molar-refractivity contribution in [3.8, 4) is 0 Å². The predicted octanol–water partition coefficient (Wildman–Crippen LogP) is 3.47. The molecule has 0 bridgehead atoms. The van der Waals surface area contributed by atoms with Crippen LogP contribution in [0.25, 0.3) is 0 Å². The number of rotatable bonds is 8. The van der Waals surface area contributed by atoms with E-state index in [4.69, 9.17) is 11.6 Å². The zero-order valence-corrected chi connectivity index (χ0v) is 19.9. The first-order chi connectivity index (χ1) is 15.2. The number of carbonyl (C=O) groups is 1. The first-order valence-electron chi connectivity index (χ1n) is 10.6. The fraction of sp³-hybridized carbons (Fsp3) is 0.435. The summed E-state index contributed by atoms with van der Waals surface area (Å²) in [5.74, 6) is -0.840. The second-order valence-corrected chi connectivity index (χ2v) is 10.6. The van der Waals surface area contributed by atoms with Gasteiger partial charge < -0.3 is 9.80 Å². The van der Waals surface area contributed by atoms with Crippen LogP contribution in [0.4, 0.5) is 4.39 Å². The zero-order valence-electron chi connectivity index (χ0n) is 18.4. The van der Waals surface area contributed by atoms with Gasteiger partial charge in [0.15, 0.2) is 0 Å². The van der Waals surface area contributed by atoms with Crippen LogP contribution in [0.15, 0.2) is 53.4 Å². The third kappa shape index (κ3) is 6.07. The maximum Gasteiger partial charge on any atom is 0.243 e. The van der Waals surface area contributed by atoms with Gasteiger partial charge in [-0.1, -0.05) is 41.9 Å². The number of sulfonamides is 1. The molecule has 0 unspecified atom stereocenters. The summed E-state index contributed by atoms with van der Waals surface area (Å²) >= 11 is 5.77. The third-order valence-corrected chi connectivity index (χ3v) is 7.86. The SMILES string of the molecule is CN(C)CCN(Cc1ccccc1)C(=O)C1CCN(S(=O)(=O)c2ccc(F)c(Cl)c2)CC1. The van der Waals surface area contributed by atoms with Gasteiger partial charge in [0, 0.05) is 38.6 Å². The summed E-state index contributed by atoms with van der Waals surface area (Å²) in [6, 6.07) is 13.3. The molecule has 0 aliphatic carbocycles. The van der Waals surface area contributed by atoms with Crippen molar-refractivity contribution in [2.45, 2.75) is 24.3 Å². The van der Waals surface area contributed by atoms with Crippen LogP contribution in [0.1, 0.15) is 18.4 Å². The van der Waals surface area contributed by atoms with Crippen LogP contribution in [0.2, 0.25) is 5.02 Å². The van der Waals surface area contributed by atoms with Crippen molar-refractivity contribution in [2.75, 3.05) is 40.3 Å². The van der Waals surface area contributed by atoms with Gasteiger partial charge in [0.25, 0.3) is 0 Å². The highest BCUT2D eigenvalue weighted by molar-refractivity contribution is 7.89. The predicted molar refractivity (Wildman–Crippen MR) is 123 cm³/mol. The lowest BCUT2D eigenvalue weighted by molar-refractivity contribution is -0.137. The van der Waals surface area contributed by atoms with Crippen molar-refractivity contribution in [2.24, 2.45) is 5.92 Å². The van der Waals surface area contributed by atoms with Gasteiger partial charge in [-0.05, 0) is 50.7 Å². The van der Waals surface area contributed by atoms with E-state index < -0.39 is 15.8 Å². The standard InChI is InChI=1S/C23H29ClFN3O3S/c1-26(2)14-15-27(17-18-6-4-3-5-7-18)23(29)19-10-12-28(13-11-19)32(30,31)20-8-9-22(25)21(24)16-20/h3-9,16,19H,10-15,17H2,1-2H3. The fourth-order valence-electron chi connectivity index (χ4n) is 3.78. The average molecular weight is 482 g/mol. The molecule has 0 atom stereocenters. The molecule has 1 heterocycles. The number of hydrogen-bond acceptors (Lipinski definition) is 4. The summed E-state index contributed by atoms with van der Waals surface area (Å²) < 4.78 is 40.6. The molecule has 2 aromatic carbocycles. The van der Waals surface area contributed by atoms with E-state index in [1.54, 1.807) is 0 Å². The van der Waals surface area contributed by atoms with Crippen LogP contribution < -0.4 is 0 Å². The Hall–Kier alpha value is -2.00. The molecule has 3 rings (SSSR count). The van der Waals surface area contributed by atoms with E-state index in [2.05, 4.69) is 0 Å². The summed E-state index contributed by atoms with van der Waals surface area (Å²) in [6.45, 7) is 2.35. The number of benzene rings is 2. The molecule has 1 saturated heterocycles. The van der Waals surface area contributed by atoms with Gasteiger partial charge in [0.2, 0.25) is 15.9 Å². The molecular weight excluding hydrogens is 453 g/mol. The van der Waals surface area contributed by atoms with Crippen molar-refractivity contribution in [1.29, 1.82) is 0 Å². The number of likely N-dealkylation sites (N-methyl/N-ethyl adjacent to an activating group) is 1. The highest BCUT2D eigenvalue weighted by Crippen LogP contribution is 2.27. The van der Waals surface area contributed by atoms with Crippen LogP contribution in [-0.4, -0.2) is 68.7 Å². The van der Waals surface area contributed by atoms with Gasteiger partial charge in [-0.2, -0.15) is 4.31 Å². The Morgan fingerprint density at radius 1 is 1.09 bits per heavy atom. The van der Waals surface area contributed by atoms with Gasteiger partial charge in [0.05, 0.1) is 9.92 Å². The van der Waals surface area contributed by atoms with E-state index in [1.165, 1.54) is 10.4 Å². The van der Waals surface area contributed by atoms with E-state index in [1.807, 2.05) is 54.2 Å². The second kappa shape index (κ2) is 10.7. The van der Waals surface area contributed by atoms with Crippen molar-refractivity contribution in [1.82, 2.24) is 14.1 Å². The molecule has 0 spiro atoms. The number of amides is 1. The van der Waals surface area contributed by atoms with E-state index in [-0.39, 0.29) is 34.8 Å². The molecule has 0 N–H and O–H groups in total. The maximum atomic E-state index is 13.4. The molecule has 32 heavy (non-hydrogen) atoms. The molecule has 2 aromatic rings. The van der Waals surface area contributed by atoms with Gasteiger partial charge >= 0.3 is 0 Å². The lowest BCUT2D eigenvalue weighted by Gasteiger charge is -2.34. The van der Waals surface area contributed by atoms with Gasteiger partial charge in [0.1, 0.15) is 5.82 Å². The molecule has 0 radical (unpaired) electrons. The minimum atomic E-state index is -3.79. The quantitative estimate of drug-likeness (QED) is 0.579. The minimum Gasteiger partial charge on any atom is -0.337 e. The van der Waals surface area contributed by atoms with Crippen molar-refractivity contribution in [3.05, 3.63) is 64.9 Å². The molecule has 0 aromatic heterocycles.